The number of nitrogens with one attached hydrogen (secondary N) is 1. The van der Waals surface area contributed by atoms with Crippen molar-refractivity contribution < 1.29 is 27.0 Å². The highest BCUT2D eigenvalue weighted by Crippen LogP contribution is 2.48. The van der Waals surface area contributed by atoms with Crippen LogP contribution in [0.1, 0.15) is 75.4 Å². The highest BCUT2D eigenvalue weighted by atomic mass is 32.2. The van der Waals surface area contributed by atoms with Gasteiger partial charge in [0.25, 0.3) is 6.43 Å². The number of ether oxygens (including phenoxy) is 1. The molecule has 0 aromatic carbocycles. The van der Waals surface area contributed by atoms with Crippen molar-refractivity contribution in [2.24, 2.45) is 5.41 Å². The summed E-state index contributed by atoms with van der Waals surface area (Å²) in [6.07, 6.45) is 2.76. The minimum absolute atomic E-state index is 0.0841. The maximum Gasteiger partial charge on any atom is 0.291 e. The van der Waals surface area contributed by atoms with Crippen LogP contribution < -0.4 is 9.62 Å². The summed E-state index contributed by atoms with van der Waals surface area (Å²) < 4.78 is 64.4. The van der Waals surface area contributed by atoms with E-state index in [0.29, 0.717) is 54.6 Å². The second-order valence-corrected chi connectivity index (χ2v) is 14.8. The molecule has 0 amide bonds. The molecule has 4 aliphatic rings. The maximum atomic E-state index is 13.6. The van der Waals surface area contributed by atoms with E-state index in [0.717, 1.165) is 42.7 Å². The summed E-state index contributed by atoms with van der Waals surface area (Å²) in [4.78, 5) is 7.19. The zero-order valence-electron chi connectivity index (χ0n) is 22.3. The van der Waals surface area contributed by atoms with E-state index >= 15 is 0 Å². The molecule has 0 bridgehead atoms. The van der Waals surface area contributed by atoms with E-state index in [4.69, 9.17) is 9.72 Å². The molecule has 1 spiro atoms. The Morgan fingerprint density at radius 3 is 2.50 bits per heavy atom. The van der Waals surface area contributed by atoms with Crippen molar-refractivity contribution in [1.29, 1.82) is 0 Å². The fourth-order valence-electron chi connectivity index (χ4n) is 6.05. The van der Waals surface area contributed by atoms with E-state index in [9.17, 15) is 22.3 Å². The third-order valence-corrected chi connectivity index (χ3v) is 11.5. The SMILES string of the molecule is C[C@H]1OCC2(CCN(c3cc(S(=O)(=O)NC4(C)CC4)cn4c(-c5nnc(C(F)F)s5)c(C5CC5)nc34)CC2)[C@@H]1O. The fraction of sp³-hybridized carbons (Fsp3) is 0.654. The molecule has 3 aromatic rings. The van der Waals surface area contributed by atoms with Crippen molar-refractivity contribution >= 4 is 32.7 Å². The first-order valence-electron chi connectivity index (χ1n) is 13.8. The topological polar surface area (TPSA) is 122 Å². The average Bonchev–Trinajstić information content (AvgIpc) is 3.77. The van der Waals surface area contributed by atoms with E-state index in [2.05, 4.69) is 19.8 Å². The van der Waals surface area contributed by atoms with E-state index in [1.54, 1.807) is 10.5 Å². The lowest BCUT2D eigenvalue weighted by Gasteiger charge is -2.41. The Hall–Kier alpha value is -2.26. The first kappa shape index (κ1) is 26.6. The van der Waals surface area contributed by atoms with Gasteiger partial charge in [-0.25, -0.2) is 26.9 Å². The number of aliphatic hydroxyl groups is 1. The van der Waals surface area contributed by atoms with Gasteiger partial charge in [0.2, 0.25) is 10.0 Å². The molecular formula is C26H32F2N6O4S2. The first-order chi connectivity index (χ1) is 19.0. The lowest BCUT2D eigenvalue weighted by atomic mass is 9.74. The van der Waals surface area contributed by atoms with Gasteiger partial charge in [-0.05, 0) is 58.4 Å². The number of alkyl halides is 2. The fourth-order valence-corrected chi connectivity index (χ4v) is 8.28. The zero-order valence-corrected chi connectivity index (χ0v) is 23.9. The van der Waals surface area contributed by atoms with Crippen molar-refractivity contribution in [2.75, 3.05) is 24.6 Å². The highest BCUT2D eigenvalue weighted by Gasteiger charge is 2.49. The number of halogens is 2. The van der Waals surface area contributed by atoms with Crippen molar-refractivity contribution in [2.45, 2.75) is 87.4 Å². The average molecular weight is 595 g/mol. The van der Waals surface area contributed by atoms with Gasteiger partial charge in [0.1, 0.15) is 10.6 Å². The molecule has 2 saturated heterocycles. The van der Waals surface area contributed by atoms with Crippen LogP contribution in [0.25, 0.3) is 16.3 Å². The molecule has 4 fully saturated rings. The lowest BCUT2D eigenvalue weighted by Crippen LogP contribution is -2.47. The Labute approximate surface area is 234 Å². The third-order valence-electron chi connectivity index (χ3n) is 8.99. The number of hydrogen-bond donors (Lipinski definition) is 2. The second-order valence-electron chi connectivity index (χ2n) is 12.1. The van der Waals surface area contributed by atoms with Gasteiger partial charge >= 0.3 is 0 Å². The predicted octanol–water partition coefficient (Wildman–Crippen LogP) is 3.86. The number of imidazole rings is 1. The molecule has 5 heterocycles. The number of rotatable bonds is 7. The van der Waals surface area contributed by atoms with Crippen LogP contribution in [0, 0.1) is 5.41 Å². The van der Waals surface area contributed by atoms with Gasteiger partial charge in [-0.15, -0.1) is 10.2 Å². The Kier molecular flexibility index (Phi) is 6.07. The highest BCUT2D eigenvalue weighted by molar-refractivity contribution is 7.89. The third kappa shape index (κ3) is 4.42. The Bertz CT molecular complexity index is 1570. The molecule has 7 rings (SSSR count). The van der Waals surface area contributed by atoms with E-state index < -0.39 is 28.1 Å². The molecule has 216 valence electrons. The standard InChI is InChI=1S/C26H32F2N6O4S2/c1-14-20(35)26(13-38-14)7-9-33(10-8-26)17-11-16(40(36,37)32-25(2)5-6-25)12-34-19(18(15-3-4-15)29-22(17)34)23-30-31-24(39-23)21(27)28/h11-12,14-15,20-21,32,35H,3-10,13H2,1-2H3/t14-,20-/m1/s1. The number of piperidine rings is 1. The summed E-state index contributed by atoms with van der Waals surface area (Å²) in [6.45, 7) is 5.44. The van der Waals surface area contributed by atoms with Crippen molar-refractivity contribution in [3.63, 3.8) is 0 Å². The van der Waals surface area contributed by atoms with Gasteiger partial charge in [-0.3, -0.25) is 4.40 Å². The van der Waals surface area contributed by atoms with Crippen LogP contribution in [0.2, 0.25) is 0 Å². The number of aliphatic hydroxyl groups excluding tert-OH is 1. The number of sulfonamides is 1. The molecule has 14 heteroatoms. The van der Waals surface area contributed by atoms with Crippen molar-refractivity contribution in [1.82, 2.24) is 24.3 Å². The van der Waals surface area contributed by atoms with Gasteiger partial charge in [0.15, 0.2) is 15.7 Å². The quantitative estimate of drug-likeness (QED) is 0.423. The molecule has 0 unspecified atom stereocenters. The maximum absolute atomic E-state index is 13.6. The van der Waals surface area contributed by atoms with Crippen LogP contribution in [0.15, 0.2) is 17.2 Å². The number of hydrogen-bond acceptors (Lipinski definition) is 9. The lowest BCUT2D eigenvalue weighted by molar-refractivity contribution is 0.0250. The predicted molar refractivity (Wildman–Crippen MR) is 144 cm³/mol. The summed E-state index contributed by atoms with van der Waals surface area (Å²) in [5, 5.41) is 18.5. The molecule has 0 radical (unpaired) electrons. The van der Waals surface area contributed by atoms with E-state index in [-0.39, 0.29) is 27.3 Å². The number of nitrogens with zero attached hydrogens (tertiary/aromatic N) is 5. The van der Waals surface area contributed by atoms with Gasteiger partial charge in [-0.1, -0.05) is 11.3 Å². The number of fused-ring (bicyclic) bond motifs is 1. The number of aromatic nitrogens is 4. The van der Waals surface area contributed by atoms with Gasteiger partial charge in [0.05, 0.1) is 30.2 Å². The largest absolute Gasteiger partial charge is 0.390 e. The summed E-state index contributed by atoms with van der Waals surface area (Å²) >= 11 is 0.807. The van der Waals surface area contributed by atoms with Crippen molar-refractivity contribution in [3.05, 3.63) is 23.0 Å². The van der Waals surface area contributed by atoms with Crippen LogP contribution in [0.5, 0.6) is 0 Å². The first-order valence-corrected chi connectivity index (χ1v) is 16.1. The molecule has 3 aromatic heterocycles. The smallest absolute Gasteiger partial charge is 0.291 e. The van der Waals surface area contributed by atoms with E-state index in [1.165, 1.54) is 6.20 Å². The molecule has 2 aliphatic carbocycles. The summed E-state index contributed by atoms with van der Waals surface area (Å²) in [5.41, 5.74) is 1.69. The summed E-state index contributed by atoms with van der Waals surface area (Å²) in [5.74, 6) is 0.155. The van der Waals surface area contributed by atoms with Crippen LogP contribution in [-0.4, -0.2) is 70.5 Å². The number of pyridine rings is 1. The molecule has 2 aliphatic heterocycles. The second kappa shape index (κ2) is 9.12. The Morgan fingerprint density at radius 2 is 1.93 bits per heavy atom. The van der Waals surface area contributed by atoms with Gasteiger partial charge in [-0.2, -0.15) is 0 Å². The van der Waals surface area contributed by atoms with Crippen LogP contribution in [0.4, 0.5) is 14.5 Å². The van der Waals surface area contributed by atoms with E-state index in [1.807, 2.05) is 13.8 Å². The Morgan fingerprint density at radius 1 is 1.20 bits per heavy atom. The molecule has 40 heavy (non-hydrogen) atoms. The van der Waals surface area contributed by atoms with Gasteiger partial charge < -0.3 is 14.7 Å². The van der Waals surface area contributed by atoms with Crippen molar-refractivity contribution in [3.8, 4) is 10.7 Å². The summed E-state index contributed by atoms with van der Waals surface area (Å²) in [6, 6.07) is 1.67. The monoisotopic (exact) mass is 594 g/mol. The minimum Gasteiger partial charge on any atom is -0.390 e. The minimum atomic E-state index is -3.89. The summed E-state index contributed by atoms with van der Waals surface area (Å²) in [7, 11) is -3.89. The van der Waals surface area contributed by atoms with Gasteiger partial charge in [0, 0.05) is 36.2 Å². The molecule has 2 atom stereocenters. The molecule has 2 N–H and O–H groups in total. The molecule has 10 nitrogen and oxygen atoms in total. The van der Waals surface area contributed by atoms with Crippen LogP contribution in [0.3, 0.4) is 0 Å². The van der Waals surface area contributed by atoms with Crippen LogP contribution in [-0.2, 0) is 14.8 Å². The Balaban J connectivity index is 1.36. The molecule has 2 saturated carbocycles. The number of anilines is 1. The van der Waals surface area contributed by atoms with Crippen LogP contribution >= 0.6 is 11.3 Å². The molecular weight excluding hydrogens is 562 g/mol. The zero-order chi connectivity index (χ0) is 28.0. The normalized spacial score (nSPS) is 25.9.